The molecule has 1 aromatic heterocycles. The Hall–Kier alpha value is -2.12. The molecule has 3 rings (SSSR count). The monoisotopic (exact) mass is 348 g/mol. The molecule has 0 spiro atoms. The number of aromatic nitrogens is 1. The number of pyridine rings is 1. The zero-order chi connectivity index (χ0) is 17.2. The Kier molecular flexibility index (Phi) is 4.73. The van der Waals surface area contributed by atoms with Crippen LogP contribution in [0.2, 0.25) is 0 Å². The number of nitrogens with zero attached hydrogens (tertiary/aromatic N) is 2. The second-order valence-corrected chi connectivity index (χ2v) is 7.62. The Bertz CT molecular complexity index is 806. The van der Waals surface area contributed by atoms with Crippen LogP contribution in [0.5, 0.6) is 11.6 Å². The molecule has 0 aliphatic carbocycles. The molecule has 2 aromatic rings. The highest BCUT2D eigenvalue weighted by atomic mass is 32.2. The molecule has 1 saturated heterocycles. The van der Waals surface area contributed by atoms with Gasteiger partial charge in [-0.15, -0.1) is 0 Å². The summed E-state index contributed by atoms with van der Waals surface area (Å²) < 4.78 is 37.7. The van der Waals surface area contributed by atoms with Gasteiger partial charge in [0.15, 0.2) is 0 Å². The molecule has 1 atom stereocenters. The minimum Gasteiger partial charge on any atom is -0.497 e. The third kappa shape index (κ3) is 3.52. The number of benzene rings is 1. The smallest absolute Gasteiger partial charge is 0.243 e. The summed E-state index contributed by atoms with van der Waals surface area (Å²) >= 11 is 0. The first-order valence-corrected chi connectivity index (χ1v) is 9.17. The van der Waals surface area contributed by atoms with Crippen LogP contribution in [0, 0.1) is 6.92 Å². The van der Waals surface area contributed by atoms with E-state index in [9.17, 15) is 8.42 Å². The summed E-state index contributed by atoms with van der Waals surface area (Å²) in [7, 11) is -1.97. The molecule has 2 heterocycles. The van der Waals surface area contributed by atoms with E-state index >= 15 is 0 Å². The van der Waals surface area contributed by atoms with Crippen molar-refractivity contribution in [3.63, 3.8) is 0 Å². The van der Waals surface area contributed by atoms with E-state index in [0.717, 1.165) is 5.69 Å². The average molecular weight is 348 g/mol. The lowest BCUT2D eigenvalue weighted by Gasteiger charge is -2.17. The molecule has 0 amide bonds. The molecule has 1 aliphatic heterocycles. The summed E-state index contributed by atoms with van der Waals surface area (Å²) in [6, 6.07) is 12.0. The van der Waals surface area contributed by atoms with Gasteiger partial charge in [-0.1, -0.05) is 6.07 Å². The van der Waals surface area contributed by atoms with E-state index in [0.29, 0.717) is 31.1 Å². The van der Waals surface area contributed by atoms with Crippen molar-refractivity contribution >= 4 is 10.0 Å². The molecule has 0 saturated carbocycles. The maximum absolute atomic E-state index is 12.7. The average Bonchev–Trinajstić information content (AvgIpc) is 3.04. The molecule has 0 bridgehead atoms. The second kappa shape index (κ2) is 6.78. The predicted molar refractivity (Wildman–Crippen MR) is 89.8 cm³/mol. The van der Waals surface area contributed by atoms with Gasteiger partial charge >= 0.3 is 0 Å². The third-order valence-corrected chi connectivity index (χ3v) is 5.83. The van der Waals surface area contributed by atoms with Crippen molar-refractivity contribution in [2.75, 3.05) is 20.2 Å². The number of hydrogen-bond donors (Lipinski definition) is 0. The van der Waals surface area contributed by atoms with Gasteiger partial charge in [0.05, 0.1) is 18.6 Å². The van der Waals surface area contributed by atoms with E-state index in [-0.39, 0.29) is 11.0 Å². The summed E-state index contributed by atoms with van der Waals surface area (Å²) in [5, 5.41) is 0. The summed E-state index contributed by atoms with van der Waals surface area (Å²) in [6.45, 7) is 2.65. The van der Waals surface area contributed by atoms with Crippen LogP contribution in [0.15, 0.2) is 47.4 Å². The first-order valence-electron chi connectivity index (χ1n) is 7.73. The number of sulfonamides is 1. The van der Waals surface area contributed by atoms with Crippen LogP contribution in [0.4, 0.5) is 0 Å². The fourth-order valence-electron chi connectivity index (χ4n) is 2.66. The number of ether oxygens (including phenoxy) is 2. The van der Waals surface area contributed by atoms with E-state index in [4.69, 9.17) is 9.47 Å². The maximum atomic E-state index is 12.7. The van der Waals surface area contributed by atoms with Gasteiger partial charge in [-0.05, 0) is 43.7 Å². The van der Waals surface area contributed by atoms with Gasteiger partial charge in [-0.2, -0.15) is 4.31 Å². The highest BCUT2D eigenvalue weighted by Crippen LogP contribution is 2.25. The summed E-state index contributed by atoms with van der Waals surface area (Å²) in [4.78, 5) is 4.56. The zero-order valence-corrected chi connectivity index (χ0v) is 14.5. The molecule has 0 radical (unpaired) electrons. The third-order valence-electron chi connectivity index (χ3n) is 3.96. The lowest BCUT2D eigenvalue weighted by Crippen LogP contribution is -2.31. The van der Waals surface area contributed by atoms with E-state index < -0.39 is 10.0 Å². The van der Waals surface area contributed by atoms with Crippen LogP contribution >= 0.6 is 0 Å². The Labute approximate surface area is 142 Å². The molecule has 1 aliphatic rings. The van der Waals surface area contributed by atoms with Gasteiger partial charge in [0, 0.05) is 18.3 Å². The molecule has 6 nitrogen and oxygen atoms in total. The fourth-order valence-corrected chi connectivity index (χ4v) is 4.15. The minimum absolute atomic E-state index is 0.188. The topological polar surface area (TPSA) is 68.7 Å². The number of methoxy groups -OCH3 is 1. The van der Waals surface area contributed by atoms with Crippen molar-refractivity contribution in [2.24, 2.45) is 0 Å². The van der Waals surface area contributed by atoms with E-state index in [1.165, 1.54) is 4.31 Å². The van der Waals surface area contributed by atoms with Gasteiger partial charge in [-0.3, -0.25) is 0 Å². The van der Waals surface area contributed by atoms with E-state index in [2.05, 4.69) is 4.98 Å². The van der Waals surface area contributed by atoms with Crippen molar-refractivity contribution in [1.82, 2.24) is 9.29 Å². The zero-order valence-electron chi connectivity index (χ0n) is 13.7. The standard InChI is InChI=1S/C17H20N2O4S/c1-13-4-3-5-17(18-13)23-15-10-11-19(12-15)24(20,21)16-8-6-14(22-2)7-9-16/h3-9,15H,10-12H2,1-2H3. The largest absolute Gasteiger partial charge is 0.497 e. The molecular weight excluding hydrogens is 328 g/mol. The van der Waals surface area contributed by atoms with Gasteiger partial charge < -0.3 is 9.47 Å². The minimum atomic E-state index is -3.52. The summed E-state index contributed by atoms with van der Waals surface area (Å²) in [5.41, 5.74) is 0.869. The Morgan fingerprint density at radius 3 is 2.58 bits per heavy atom. The highest BCUT2D eigenvalue weighted by Gasteiger charge is 2.33. The van der Waals surface area contributed by atoms with Crippen LogP contribution in [-0.4, -0.2) is 44.0 Å². The Morgan fingerprint density at radius 1 is 1.17 bits per heavy atom. The number of aryl methyl sites for hydroxylation is 1. The van der Waals surface area contributed by atoms with E-state index in [1.807, 2.05) is 19.1 Å². The Morgan fingerprint density at radius 2 is 1.92 bits per heavy atom. The number of rotatable bonds is 5. The van der Waals surface area contributed by atoms with Crippen LogP contribution in [0.25, 0.3) is 0 Å². The first-order chi connectivity index (χ1) is 11.5. The van der Waals surface area contributed by atoms with Crippen molar-refractivity contribution in [2.45, 2.75) is 24.3 Å². The Balaban J connectivity index is 1.69. The maximum Gasteiger partial charge on any atom is 0.243 e. The normalized spacial score (nSPS) is 18.5. The molecule has 7 heteroatoms. The van der Waals surface area contributed by atoms with Crippen molar-refractivity contribution in [1.29, 1.82) is 0 Å². The lowest BCUT2D eigenvalue weighted by molar-refractivity contribution is 0.206. The van der Waals surface area contributed by atoms with Crippen molar-refractivity contribution < 1.29 is 17.9 Å². The summed E-state index contributed by atoms with van der Waals surface area (Å²) in [6.07, 6.45) is 0.456. The predicted octanol–water partition coefficient (Wildman–Crippen LogP) is 2.24. The fraction of sp³-hybridized carbons (Fsp3) is 0.353. The molecule has 1 fully saturated rings. The first kappa shape index (κ1) is 16.7. The summed E-state index contributed by atoms with van der Waals surface area (Å²) in [5.74, 6) is 1.16. The van der Waals surface area contributed by atoms with Gasteiger partial charge in [0.25, 0.3) is 0 Å². The lowest BCUT2D eigenvalue weighted by atomic mass is 10.3. The molecule has 24 heavy (non-hydrogen) atoms. The van der Waals surface area contributed by atoms with Crippen LogP contribution in [0.1, 0.15) is 12.1 Å². The molecular formula is C17H20N2O4S. The van der Waals surface area contributed by atoms with Crippen molar-refractivity contribution in [3.05, 3.63) is 48.2 Å². The van der Waals surface area contributed by atoms with Gasteiger partial charge in [-0.25, -0.2) is 13.4 Å². The van der Waals surface area contributed by atoms with Gasteiger partial charge in [0.2, 0.25) is 15.9 Å². The van der Waals surface area contributed by atoms with Crippen LogP contribution in [-0.2, 0) is 10.0 Å². The second-order valence-electron chi connectivity index (χ2n) is 5.68. The van der Waals surface area contributed by atoms with Crippen LogP contribution in [0.3, 0.4) is 0 Å². The molecule has 1 unspecified atom stereocenters. The molecule has 1 aromatic carbocycles. The van der Waals surface area contributed by atoms with E-state index in [1.54, 1.807) is 37.4 Å². The SMILES string of the molecule is COc1ccc(S(=O)(=O)N2CCC(Oc3cccc(C)n3)C2)cc1. The molecule has 0 N–H and O–H groups in total. The van der Waals surface area contributed by atoms with Crippen molar-refractivity contribution in [3.8, 4) is 11.6 Å². The van der Waals surface area contributed by atoms with Gasteiger partial charge in [0.1, 0.15) is 11.9 Å². The van der Waals surface area contributed by atoms with Crippen LogP contribution < -0.4 is 9.47 Å². The highest BCUT2D eigenvalue weighted by molar-refractivity contribution is 7.89. The molecule has 128 valence electrons. The quantitative estimate of drug-likeness (QED) is 0.829. The number of hydrogen-bond acceptors (Lipinski definition) is 5.